The van der Waals surface area contributed by atoms with E-state index in [4.69, 9.17) is 0 Å². The number of hydrogen-bond donors (Lipinski definition) is 1. The minimum atomic E-state index is 0.0428. The highest BCUT2D eigenvalue weighted by atomic mass is 16.2. The molecule has 128 valence electrons. The zero-order valence-corrected chi connectivity index (χ0v) is 14.4. The van der Waals surface area contributed by atoms with Crippen LogP contribution in [0.1, 0.15) is 43.2 Å². The van der Waals surface area contributed by atoms with Crippen LogP contribution in [0.3, 0.4) is 0 Å². The second-order valence-corrected chi connectivity index (χ2v) is 6.42. The van der Waals surface area contributed by atoms with Gasteiger partial charge in [-0.05, 0) is 24.5 Å². The standard InChI is InChI=1S/C22H24N2O/c25-22(20-14-8-3-9-15-20)24-23-21(19-12-6-2-7-13-19)17-16-18-10-4-1-5-11-18/h1-2,4-7,10-13,16-17,20H,3,8-9,14-15H2,(H,24,25)/b17-16+,23-21-. The van der Waals surface area contributed by atoms with Gasteiger partial charge in [-0.1, -0.05) is 86.0 Å². The van der Waals surface area contributed by atoms with Gasteiger partial charge < -0.3 is 0 Å². The summed E-state index contributed by atoms with van der Waals surface area (Å²) in [4.78, 5) is 12.4. The number of nitrogens with zero attached hydrogens (tertiary/aromatic N) is 1. The molecule has 3 heteroatoms. The number of rotatable bonds is 5. The normalized spacial score (nSPS) is 16.1. The van der Waals surface area contributed by atoms with E-state index in [1.165, 1.54) is 6.42 Å². The third kappa shape index (κ3) is 5.15. The Labute approximate surface area is 149 Å². The fourth-order valence-corrected chi connectivity index (χ4v) is 3.12. The Bertz CT molecular complexity index is 729. The van der Waals surface area contributed by atoms with Gasteiger partial charge in [-0.2, -0.15) is 5.10 Å². The predicted octanol–water partition coefficient (Wildman–Crippen LogP) is 4.80. The Morgan fingerprint density at radius 3 is 2.24 bits per heavy atom. The van der Waals surface area contributed by atoms with Crippen molar-refractivity contribution in [3.63, 3.8) is 0 Å². The van der Waals surface area contributed by atoms with Crippen molar-refractivity contribution in [2.24, 2.45) is 11.0 Å². The van der Waals surface area contributed by atoms with E-state index < -0.39 is 0 Å². The van der Waals surface area contributed by atoms with Gasteiger partial charge in [0, 0.05) is 11.5 Å². The molecule has 3 nitrogen and oxygen atoms in total. The maximum absolute atomic E-state index is 12.4. The second-order valence-electron chi connectivity index (χ2n) is 6.42. The molecule has 1 saturated carbocycles. The van der Waals surface area contributed by atoms with E-state index in [0.717, 1.165) is 42.5 Å². The van der Waals surface area contributed by atoms with Gasteiger partial charge >= 0.3 is 0 Å². The van der Waals surface area contributed by atoms with Crippen molar-refractivity contribution in [2.75, 3.05) is 0 Å². The zero-order chi connectivity index (χ0) is 17.3. The van der Waals surface area contributed by atoms with Crippen molar-refractivity contribution in [2.45, 2.75) is 32.1 Å². The van der Waals surface area contributed by atoms with Crippen molar-refractivity contribution in [3.8, 4) is 0 Å². The van der Waals surface area contributed by atoms with E-state index >= 15 is 0 Å². The molecule has 0 spiro atoms. The Hall–Kier alpha value is -2.68. The molecular formula is C22H24N2O. The van der Waals surface area contributed by atoms with Crippen LogP contribution in [0, 0.1) is 5.92 Å². The summed E-state index contributed by atoms with van der Waals surface area (Å²) < 4.78 is 0. The van der Waals surface area contributed by atoms with Crippen molar-refractivity contribution >= 4 is 17.7 Å². The van der Waals surface area contributed by atoms with Gasteiger partial charge in [0.05, 0.1) is 5.71 Å². The van der Waals surface area contributed by atoms with Crippen molar-refractivity contribution in [1.82, 2.24) is 5.43 Å². The molecule has 1 aliphatic rings. The van der Waals surface area contributed by atoms with Crippen LogP contribution in [-0.4, -0.2) is 11.6 Å². The lowest BCUT2D eigenvalue weighted by molar-refractivity contribution is -0.125. The fraction of sp³-hybridized carbons (Fsp3) is 0.273. The summed E-state index contributed by atoms with van der Waals surface area (Å²) in [7, 11) is 0. The number of allylic oxidation sites excluding steroid dienone is 1. The monoisotopic (exact) mass is 332 g/mol. The molecular weight excluding hydrogens is 308 g/mol. The fourth-order valence-electron chi connectivity index (χ4n) is 3.12. The summed E-state index contributed by atoms with van der Waals surface area (Å²) >= 11 is 0. The van der Waals surface area contributed by atoms with Crippen LogP contribution >= 0.6 is 0 Å². The Balaban J connectivity index is 1.76. The molecule has 0 atom stereocenters. The van der Waals surface area contributed by atoms with Crippen molar-refractivity contribution in [1.29, 1.82) is 0 Å². The maximum Gasteiger partial charge on any atom is 0.243 e. The first-order valence-corrected chi connectivity index (χ1v) is 8.99. The maximum atomic E-state index is 12.4. The lowest BCUT2D eigenvalue weighted by atomic mass is 9.89. The molecule has 2 aromatic rings. The van der Waals surface area contributed by atoms with Gasteiger partial charge in [0.1, 0.15) is 0 Å². The van der Waals surface area contributed by atoms with E-state index in [2.05, 4.69) is 10.5 Å². The largest absolute Gasteiger partial charge is 0.273 e. The molecule has 0 radical (unpaired) electrons. The predicted molar refractivity (Wildman–Crippen MR) is 103 cm³/mol. The van der Waals surface area contributed by atoms with Crippen LogP contribution in [0.2, 0.25) is 0 Å². The number of amides is 1. The number of hydrazone groups is 1. The van der Waals surface area contributed by atoms with Gasteiger partial charge in [-0.15, -0.1) is 0 Å². The molecule has 0 heterocycles. The van der Waals surface area contributed by atoms with Crippen molar-refractivity contribution < 1.29 is 4.79 Å². The number of carbonyl (C=O) groups excluding carboxylic acids is 1. The molecule has 1 fully saturated rings. The Morgan fingerprint density at radius 2 is 1.56 bits per heavy atom. The highest BCUT2D eigenvalue weighted by Gasteiger charge is 2.20. The molecule has 0 saturated heterocycles. The average Bonchev–Trinajstić information content (AvgIpc) is 2.70. The number of nitrogens with one attached hydrogen (secondary N) is 1. The molecule has 0 aliphatic heterocycles. The third-order valence-corrected chi connectivity index (χ3v) is 4.57. The lowest BCUT2D eigenvalue weighted by Gasteiger charge is -2.19. The van der Waals surface area contributed by atoms with Gasteiger partial charge in [-0.25, -0.2) is 5.43 Å². The molecule has 0 aromatic heterocycles. The van der Waals surface area contributed by atoms with Gasteiger partial charge in [0.15, 0.2) is 0 Å². The molecule has 1 amide bonds. The average molecular weight is 332 g/mol. The first-order valence-electron chi connectivity index (χ1n) is 8.99. The number of benzene rings is 2. The number of hydrogen-bond acceptors (Lipinski definition) is 2. The Morgan fingerprint density at radius 1 is 0.920 bits per heavy atom. The van der Waals surface area contributed by atoms with Gasteiger partial charge in [0.2, 0.25) is 5.91 Å². The van der Waals surface area contributed by atoms with E-state index in [-0.39, 0.29) is 11.8 Å². The molecule has 3 rings (SSSR count). The van der Waals surface area contributed by atoms with E-state index in [0.29, 0.717) is 0 Å². The molecule has 2 aromatic carbocycles. The van der Waals surface area contributed by atoms with E-state index in [1.54, 1.807) is 0 Å². The third-order valence-electron chi connectivity index (χ3n) is 4.57. The van der Waals surface area contributed by atoms with Crippen LogP contribution in [-0.2, 0) is 4.79 Å². The summed E-state index contributed by atoms with van der Waals surface area (Å²) in [5.74, 6) is 0.147. The van der Waals surface area contributed by atoms with Crippen LogP contribution in [0.25, 0.3) is 6.08 Å². The van der Waals surface area contributed by atoms with Gasteiger partial charge in [-0.3, -0.25) is 4.79 Å². The molecule has 0 unspecified atom stereocenters. The topological polar surface area (TPSA) is 41.5 Å². The molecule has 1 aliphatic carbocycles. The van der Waals surface area contributed by atoms with Crippen molar-refractivity contribution in [3.05, 3.63) is 77.9 Å². The van der Waals surface area contributed by atoms with Gasteiger partial charge in [0.25, 0.3) is 0 Å². The van der Waals surface area contributed by atoms with Crippen LogP contribution in [0.15, 0.2) is 71.8 Å². The van der Waals surface area contributed by atoms with Crippen LogP contribution in [0.5, 0.6) is 0 Å². The highest BCUT2D eigenvalue weighted by Crippen LogP contribution is 2.23. The number of carbonyl (C=O) groups is 1. The summed E-state index contributed by atoms with van der Waals surface area (Å²) in [5.41, 5.74) is 5.63. The summed E-state index contributed by atoms with van der Waals surface area (Å²) in [5, 5.41) is 4.41. The molecule has 0 bridgehead atoms. The molecule has 1 N–H and O–H groups in total. The first kappa shape index (κ1) is 17.2. The highest BCUT2D eigenvalue weighted by molar-refractivity contribution is 6.11. The van der Waals surface area contributed by atoms with E-state index in [1.807, 2.05) is 72.8 Å². The lowest BCUT2D eigenvalue weighted by Crippen LogP contribution is -2.29. The van der Waals surface area contributed by atoms with Crippen LogP contribution in [0.4, 0.5) is 0 Å². The Kier molecular flexibility index (Phi) is 6.16. The quantitative estimate of drug-likeness (QED) is 0.620. The first-order chi connectivity index (χ1) is 12.3. The minimum Gasteiger partial charge on any atom is -0.273 e. The summed E-state index contributed by atoms with van der Waals surface area (Å²) in [6, 6.07) is 20.0. The summed E-state index contributed by atoms with van der Waals surface area (Å²) in [6.07, 6.45) is 9.43. The summed E-state index contributed by atoms with van der Waals surface area (Å²) in [6.45, 7) is 0. The molecule has 25 heavy (non-hydrogen) atoms. The smallest absolute Gasteiger partial charge is 0.243 e. The van der Waals surface area contributed by atoms with E-state index in [9.17, 15) is 4.79 Å². The minimum absolute atomic E-state index is 0.0428. The van der Waals surface area contributed by atoms with Crippen LogP contribution < -0.4 is 5.43 Å². The SMILES string of the molecule is O=C(N/N=C(/C=C/c1ccccc1)c1ccccc1)C1CCCCC1. The second kappa shape index (κ2) is 8.97. The zero-order valence-electron chi connectivity index (χ0n) is 14.4.